The van der Waals surface area contributed by atoms with E-state index in [4.69, 9.17) is 19.2 Å². The molecule has 3 aliphatic rings. The van der Waals surface area contributed by atoms with Crippen LogP contribution in [0.3, 0.4) is 0 Å². The van der Waals surface area contributed by atoms with E-state index in [9.17, 15) is 44.7 Å². The van der Waals surface area contributed by atoms with Crippen molar-refractivity contribution in [2.75, 3.05) is 5.32 Å². The third kappa shape index (κ3) is 5.32. The third-order valence-corrected chi connectivity index (χ3v) is 9.32. The van der Waals surface area contributed by atoms with Crippen molar-refractivity contribution in [3.05, 3.63) is 92.8 Å². The maximum atomic E-state index is 13.5. The quantitative estimate of drug-likeness (QED) is 0.140. The number of pyridine rings is 2. The Bertz CT molecular complexity index is 2080. The average Bonchev–Trinajstić information content (AvgIpc) is 3.45. The number of rotatable bonds is 6. The fourth-order valence-electron chi connectivity index (χ4n) is 6.57. The van der Waals surface area contributed by atoms with Gasteiger partial charge in [-0.15, -0.1) is 0 Å². The molecule has 5 heterocycles. The lowest BCUT2D eigenvalue weighted by Gasteiger charge is -2.39. The molecule has 6 atom stereocenters. The van der Waals surface area contributed by atoms with Crippen molar-refractivity contribution >= 4 is 34.6 Å². The molecule has 0 radical (unpaired) electrons. The van der Waals surface area contributed by atoms with Gasteiger partial charge in [-0.25, -0.2) is 19.4 Å². The number of esters is 1. The van der Waals surface area contributed by atoms with Crippen LogP contribution >= 0.6 is 0 Å². The van der Waals surface area contributed by atoms with Crippen molar-refractivity contribution in [1.29, 1.82) is 0 Å². The van der Waals surface area contributed by atoms with Gasteiger partial charge in [0.2, 0.25) is 0 Å². The molecule has 4 aromatic rings. The third-order valence-electron chi connectivity index (χ3n) is 9.32. The molecule has 0 saturated carbocycles. The van der Waals surface area contributed by atoms with Crippen LogP contribution in [0.5, 0.6) is 0 Å². The summed E-state index contributed by atoms with van der Waals surface area (Å²) in [6.07, 6.45) is -8.78. The zero-order valence-corrected chi connectivity index (χ0v) is 25.9. The van der Waals surface area contributed by atoms with E-state index >= 15 is 0 Å². The first-order valence-electron chi connectivity index (χ1n) is 15.5. The van der Waals surface area contributed by atoms with Crippen molar-refractivity contribution in [3.8, 4) is 11.4 Å². The number of aliphatic hydroxyl groups excluding tert-OH is 3. The maximum Gasteiger partial charge on any atom is 0.411 e. The number of cyclic esters (lactones) is 1. The molecular weight excluding hydrogens is 642 g/mol. The first-order valence-corrected chi connectivity index (χ1v) is 15.5. The van der Waals surface area contributed by atoms with Gasteiger partial charge < -0.3 is 44.3 Å². The Balaban J connectivity index is 1.07. The minimum absolute atomic E-state index is 0.0293. The van der Waals surface area contributed by atoms with Crippen LogP contribution in [0, 0.1) is 0 Å². The van der Waals surface area contributed by atoms with Crippen molar-refractivity contribution in [3.63, 3.8) is 0 Å². The second kappa shape index (κ2) is 12.0. The number of amides is 1. The van der Waals surface area contributed by atoms with E-state index in [1.54, 1.807) is 43.3 Å². The van der Waals surface area contributed by atoms with E-state index in [1.165, 1.54) is 16.7 Å². The highest BCUT2D eigenvalue weighted by molar-refractivity contribution is 6.00. The molecule has 254 valence electrons. The Kier molecular flexibility index (Phi) is 7.96. The number of nitrogens with one attached hydrogen (secondary N) is 1. The minimum atomic E-state index is -1.94. The van der Waals surface area contributed by atoms with Gasteiger partial charge in [0.1, 0.15) is 37.6 Å². The summed E-state index contributed by atoms with van der Waals surface area (Å²) in [5, 5.41) is 54.1. The van der Waals surface area contributed by atoms with Crippen LogP contribution in [-0.4, -0.2) is 77.5 Å². The SMILES string of the molecule is CC[C@@]1(O)C(=O)OCc2c1cc1n(c2=O)Cc2cc3c(NC(=O)OCc4ccc([C@@H]5O[C@H](C(=O)O)[C@@H](O)[C@H](O)[C@H]5O)cc4)cccc3nc2-1. The standard InChI is InChI=1S/C34H31N3O12/c1-2-34(46)20-11-23-24-17(12-37(23)30(41)19(20)14-47-32(34)44)10-18-21(35-24)4-3-5-22(18)36-33(45)48-13-15-6-8-16(9-7-15)28-26(39)25(38)27(40)29(49-28)31(42)43/h3-11,25-29,38-40,46H,2,12-14H2,1H3,(H,36,45)(H,42,43)/t25-,26-,27+,28+,29+,34+/m1/s1. The Hall–Kier alpha value is -5.19. The first kappa shape index (κ1) is 32.4. The average molecular weight is 674 g/mol. The number of carbonyl (C=O) groups is 3. The molecule has 1 fully saturated rings. The van der Waals surface area contributed by atoms with E-state index < -0.39 is 54.2 Å². The van der Waals surface area contributed by atoms with Crippen LogP contribution < -0.4 is 10.9 Å². The van der Waals surface area contributed by atoms with E-state index in [0.717, 1.165) is 0 Å². The summed E-state index contributed by atoms with van der Waals surface area (Å²) >= 11 is 0. The molecule has 0 spiro atoms. The van der Waals surface area contributed by atoms with Crippen molar-refractivity contribution in [2.45, 2.75) is 69.2 Å². The normalized spacial score (nSPS) is 25.6. The smallest absolute Gasteiger partial charge is 0.411 e. The number of benzene rings is 2. The number of aliphatic carboxylic acids is 1. The van der Waals surface area contributed by atoms with E-state index in [-0.39, 0.29) is 42.9 Å². The number of hydrogen-bond donors (Lipinski definition) is 6. The number of aliphatic hydroxyl groups is 4. The Morgan fingerprint density at radius 3 is 2.53 bits per heavy atom. The van der Waals surface area contributed by atoms with Crippen LogP contribution in [0.2, 0.25) is 0 Å². The Morgan fingerprint density at radius 1 is 1.06 bits per heavy atom. The first-order chi connectivity index (χ1) is 23.4. The van der Waals surface area contributed by atoms with Crippen LogP contribution in [0.15, 0.2) is 59.4 Å². The summed E-state index contributed by atoms with van der Waals surface area (Å²) < 4.78 is 17.4. The van der Waals surface area contributed by atoms with Gasteiger partial charge in [-0.2, -0.15) is 0 Å². The van der Waals surface area contributed by atoms with E-state index in [1.807, 2.05) is 6.07 Å². The largest absolute Gasteiger partial charge is 0.479 e. The van der Waals surface area contributed by atoms with Crippen LogP contribution in [0.25, 0.3) is 22.3 Å². The number of nitrogens with zero attached hydrogens (tertiary/aromatic N) is 2. The number of fused-ring (bicyclic) bond motifs is 5. The number of carboxylic acid groups (broad SMARTS) is 1. The molecule has 0 bridgehead atoms. The summed E-state index contributed by atoms with van der Waals surface area (Å²) in [6.45, 7) is 1.44. The molecule has 15 nitrogen and oxygen atoms in total. The maximum absolute atomic E-state index is 13.5. The second-order valence-corrected chi connectivity index (χ2v) is 12.2. The van der Waals surface area contributed by atoms with Gasteiger partial charge >= 0.3 is 18.0 Å². The lowest BCUT2D eigenvalue weighted by Crippen LogP contribution is -2.56. The number of ether oxygens (including phenoxy) is 3. The van der Waals surface area contributed by atoms with Crippen LogP contribution in [-0.2, 0) is 49.2 Å². The van der Waals surface area contributed by atoms with Crippen LogP contribution in [0.4, 0.5) is 10.5 Å². The number of aromatic nitrogens is 2. The molecule has 2 aromatic heterocycles. The van der Waals surface area contributed by atoms with Gasteiger partial charge in [0.15, 0.2) is 11.7 Å². The second-order valence-electron chi connectivity index (χ2n) is 12.2. The van der Waals surface area contributed by atoms with Crippen molar-refractivity contribution in [1.82, 2.24) is 9.55 Å². The predicted molar refractivity (Wildman–Crippen MR) is 168 cm³/mol. The molecule has 15 heteroatoms. The zero-order valence-electron chi connectivity index (χ0n) is 25.9. The van der Waals surface area contributed by atoms with Gasteiger partial charge in [0.05, 0.1) is 34.7 Å². The summed E-state index contributed by atoms with van der Waals surface area (Å²) in [5.74, 6) is -2.28. The van der Waals surface area contributed by atoms with Gasteiger partial charge in [0.25, 0.3) is 5.56 Å². The minimum Gasteiger partial charge on any atom is -0.479 e. The zero-order chi connectivity index (χ0) is 34.8. The molecule has 1 saturated heterocycles. The highest BCUT2D eigenvalue weighted by atomic mass is 16.6. The van der Waals surface area contributed by atoms with Gasteiger partial charge in [0, 0.05) is 16.5 Å². The van der Waals surface area contributed by atoms with Crippen LogP contribution in [0.1, 0.15) is 47.3 Å². The van der Waals surface area contributed by atoms with Crippen molar-refractivity contribution < 1.29 is 54.1 Å². The lowest BCUT2D eigenvalue weighted by molar-refractivity contribution is -0.229. The summed E-state index contributed by atoms with van der Waals surface area (Å²) in [6, 6.07) is 14.8. The highest BCUT2D eigenvalue weighted by Crippen LogP contribution is 2.39. The van der Waals surface area contributed by atoms with Gasteiger partial charge in [-0.1, -0.05) is 37.3 Å². The molecule has 49 heavy (non-hydrogen) atoms. The molecule has 7 rings (SSSR count). The summed E-state index contributed by atoms with van der Waals surface area (Å²) in [4.78, 5) is 54.9. The molecule has 3 aliphatic heterocycles. The molecule has 0 unspecified atom stereocenters. The number of carboxylic acids is 1. The molecule has 6 N–H and O–H groups in total. The Labute approximate surface area is 276 Å². The highest BCUT2D eigenvalue weighted by Gasteiger charge is 2.48. The molecule has 1 amide bonds. The number of carbonyl (C=O) groups excluding carboxylic acids is 2. The van der Waals surface area contributed by atoms with E-state index in [0.29, 0.717) is 44.7 Å². The topological polar surface area (TPSA) is 227 Å². The molecule has 2 aromatic carbocycles. The number of anilines is 1. The van der Waals surface area contributed by atoms with Crippen molar-refractivity contribution in [2.24, 2.45) is 0 Å². The summed E-state index contributed by atoms with van der Waals surface area (Å²) in [5.41, 5.74) is 1.63. The molecular formula is C34H31N3O12. The molecule has 0 aliphatic carbocycles. The van der Waals surface area contributed by atoms with E-state index in [2.05, 4.69) is 5.32 Å². The Morgan fingerprint density at radius 2 is 1.82 bits per heavy atom. The van der Waals surface area contributed by atoms with Gasteiger partial charge in [-0.05, 0) is 41.8 Å². The monoisotopic (exact) mass is 673 g/mol. The predicted octanol–water partition coefficient (Wildman–Crippen LogP) is 1.44. The fourth-order valence-corrected chi connectivity index (χ4v) is 6.57. The summed E-state index contributed by atoms with van der Waals surface area (Å²) in [7, 11) is 0. The fraction of sp³-hybridized carbons (Fsp3) is 0.324. The number of hydrogen-bond acceptors (Lipinski definition) is 12. The van der Waals surface area contributed by atoms with Gasteiger partial charge in [-0.3, -0.25) is 10.1 Å². The lowest BCUT2D eigenvalue weighted by atomic mass is 9.86.